The van der Waals surface area contributed by atoms with Crippen molar-refractivity contribution in [2.24, 2.45) is 0 Å². The summed E-state index contributed by atoms with van der Waals surface area (Å²) in [6, 6.07) is 6.58. The molecule has 0 spiro atoms. The van der Waals surface area contributed by atoms with Gasteiger partial charge in [-0.25, -0.2) is 0 Å². The van der Waals surface area contributed by atoms with E-state index < -0.39 is 0 Å². The topological polar surface area (TPSA) is 3.24 Å². The number of nitrogens with zero attached hydrogens (tertiary/aromatic N) is 1. The summed E-state index contributed by atoms with van der Waals surface area (Å²) < 4.78 is 0. The summed E-state index contributed by atoms with van der Waals surface area (Å²) in [5, 5.41) is 0. The minimum atomic E-state index is 0.115. The second kappa shape index (κ2) is 4.45. The number of likely N-dealkylation sites (N-methyl/N-ethyl adjacent to an activating group) is 1. The summed E-state index contributed by atoms with van der Waals surface area (Å²) in [6.07, 6.45) is 0. The fraction of sp³-hybridized carbons (Fsp3) is 0.625. The molecule has 1 heteroatoms. The Morgan fingerprint density at radius 1 is 0.882 bits per heavy atom. The van der Waals surface area contributed by atoms with Crippen molar-refractivity contribution < 1.29 is 0 Å². The van der Waals surface area contributed by atoms with Crippen molar-refractivity contribution in [1.29, 1.82) is 0 Å². The van der Waals surface area contributed by atoms with Crippen molar-refractivity contribution in [2.45, 2.75) is 52.5 Å². The predicted molar refractivity (Wildman–Crippen MR) is 76.7 cm³/mol. The molecule has 0 N–H and O–H groups in total. The summed E-state index contributed by atoms with van der Waals surface area (Å²) in [5.41, 5.74) is 4.50. The fourth-order valence-corrected chi connectivity index (χ4v) is 2.67. The number of aryl methyl sites for hydroxylation is 2. The smallest absolute Gasteiger partial charge is 0.0238 e. The minimum absolute atomic E-state index is 0.115. The molecular weight excluding hydrogens is 206 g/mol. The molecule has 0 amide bonds. The molecule has 0 bridgehead atoms. The van der Waals surface area contributed by atoms with Crippen LogP contribution >= 0.6 is 0 Å². The third-order valence-corrected chi connectivity index (χ3v) is 4.75. The van der Waals surface area contributed by atoms with Crippen LogP contribution in [0.4, 0.5) is 0 Å². The average Bonchev–Trinajstić information content (AvgIpc) is 2.16. The van der Waals surface area contributed by atoms with Gasteiger partial charge in [-0.3, -0.25) is 0 Å². The lowest BCUT2D eigenvalue weighted by Crippen LogP contribution is -2.53. The molecule has 1 aromatic carbocycles. The molecule has 0 saturated carbocycles. The first-order chi connectivity index (χ1) is 7.62. The van der Waals surface area contributed by atoms with Gasteiger partial charge in [0.1, 0.15) is 0 Å². The van der Waals surface area contributed by atoms with E-state index in [0.717, 1.165) is 0 Å². The first-order valence-electron chi connectivity index (χ1n) is 6.36. The Bertz CT molecular complexity index is 380. The third kappa shape index (κ3) is 2.26. The number of rotatable bonds is 3. The zero-order valence-corrected chi connectivity index (χ0v) is 12.7. The maximum atomic E-state index is 2.35. The highest BCUT2D eigenvalue weighted by atomic mass is 15.1. The van der Waals surface area contributed by atoms with Gasteiger partial charge in [-0.15, -0.1) is 0 Å². The van der Waals surface area contributed by atoms with Gasteiger partial charge in [-0.1, -0.05) is 32.0 Å². The standard InChI is InChI=1S/C16H27N/c1-12-10-9-11-13(2)14(12)15(3,4)16(5,6)17(7)8/h9-11H,1-8H3. The fourth-order valence-electron chi connectivity index (χ4n) is 2.67. The van der Waals surface area contributed by atoms with Crippen LogP contribution in [0.2, 0.25) is 0 Å². The minimum Gasteiger partial charge on any atom is -0.303 e. The largest absolute Gasteiger partial charge is 0.303 e. The van der Waals surface area contributed by atoms with E-state index in [9.17, 15) is 0 Å². The van der Waals surface area contributed by atoms with E-state index in [-0.39, 0.29) is 11.0 Å². The third-order valence-electron chi connectivity index (χ3n) is 4.75. The maximum absolute atomic E-state index is 2.35. The Morgan fingerprint density at radius 2 is 1.29 bits per heavy atom. The van der Waals surface area contributed by atoms with Crippen LogP contribution in [0.5, 0.6) is 0 Å². The van der Waals surface area contributed by atoms with Crippen molar-refractivity contribution in [1.82, 2.24) is 4.90 Å². The quantitative estimate of drug-likeness (QED) is 0.765. The zero-order chi connectivity index (χ0) is 13.4. The Morgan fingerprint density at radius 3 is 1.65 bits per heavy atom. The monoisotopic (exact) mass is 233 g/mol. The van der Waals surface area contributed by atoms with Gasteiger partial charge < -0.3 is 4.90 Å². The molecule has 0 saturated heterocycles. The van der Waals surface area contributed by atoms with E-state index in [4.69, 9.17) is 0 Å². The molecule has 1 aromatic rings. The van der Waals surface area contributed by atoms with E-state index in [1.165, 1.54) is 16.7 Å². The highest BCUT2D eigenvalue weighted by Gasteiger charge is 2.41. The van der Waals surface area contributed by atoms with Gasteiger partial charge in [0.05, 0.1) is 0 Å². The van der Waals surface area contributed by atoms with E-state index in [1.807, 2.05) is 0 Å². The Kier molecular flexibility index (Phi) is 3.73. The van der Waals surface area contributed by atoms with Crippen molar-refractivity contribution >= 4 is 0 Å². The first-order valence-corrected chi connectivity index (χ1v) is 6.36. The van der Waals surface area contributed by atoms with Gasteiger partial charge in [0.25, 0.3) is 0 Å². The molecule has 1 rings (SSSR count). The summed E-state index contributed by atoms with van der Waals surface area (Å²) in [7, 11) is 4.32. The zero-order valence-electron chi connectivity index (χ0n) is 12.7. The van der Waals surface area contributed by atoms with Gasteiger partial charge in [0.2, 0.25) is 0 Å². The summed E-state index contributed by atoms with van der Waals surface area (Å²) in [4.78, 5) is 2.32. The van der Waals surface area contributed by atoms with Gasteiger partial charge >= 0.3 is 0 Å². The summed E-state index contributed by atoms with van der Waals surface area (Å²) in [6.45, 7) is 13.8. The molecule has 0 aliphatic rings. The Hall–Kier alpha value is -0.820. The van der Waals surface area contributed by atoms with Crippen molar-refractivity contribution in [3.63, 3.8) is 0 Å². The van der Waals surface area contributed by atoms with Crippen LogP contribution in [0.25, 0.3) is 0 Å². The van der Waals surface area contributed by atoms with Crippen molar-refractivity contribution in [3.8, 4) is 0 Å². The normalized spacial score (nSPS) is 13.2. The summed E-state index contributed by atoms with van der Waals surface area (Å²) in [5.74, 6) is 0. The molecule has 0 unspecified atom stereocenters. The van der Waals surface area contributed by atoms with Crippen LogP contribution in [-0.2, 0) is 5.41 Å². The molecule has 0 fully saturated rings. The molecule has 0 aromatic heterocycles. The van der Waals surface area contributed by atoms with Crippen LogP contribution in [-0.4, -0.2) is 24.5 Å². The van der Waals surface area contributed by atoms with Gasteiger partial charge in [0, 0.05) is 11.0 Å². The molecular formula is C16H27N. The number of hydrogen-bond donors (Lipinski definition) is 0. The SMILES string of the molecule is Cc1cccc(C)c1C(C)(C)C(C)(C)N(C)C. The number of hydrogen-bond acceptors (Lipinski definition) is 1. The van der Waals surface area contributed by atoms with Gasteiger partial charge in [-0.2, -0.15) is 0 Å². The van der Waals surface area contributed by atoms with E-state index in [1.54, 1.807) is 0 Å². The molecule has 0 atom stereocenters. The number of benzene rings is 1. The average molecular weight is 233 g/mol. The Labute approximate surface area is 107 Å². The molecule has 0 heterocycles. The lowest BCUT2D eigenvalue weighted by molar-refractivity contribution is 0.106. The van der Waals surface area contributed by atoms with Crippen LogP contribution in [0, 0.1) is 13.8 Å². The maximum Gasteiger partial charge on any atom is 0.0238 e. The van der Waals surface area contributed by atoms with Gasteiger partial charge in [0.15, 0.2) is 0 Å². The van der Waals surface area contributed by atoms with E-state index in [0.29, 0.717) is 0 Å². The molecule has 17 heavy (non-hydrogen) atoms. The second-order valence-electron chi connectivity index (χ2n) is 6.35. The summed E-state index contributed by atoms with van der Waals surface area (Å²) >= 11 is 0. The van der Waals surface area contributed by atoms with Crippen molar-refractivity contribution in [3.05, 3.63) is 34.9 Å². The second-order valence-corrected chi connectivity index (χ2v) is 6.35. The van der Waals surface area contributed by atoms with E-state index in [2.05, 4.69) is 78.7 Å². The molecule has 1 nitrogen and oxygen atoms in total. The van der Waals surface area contributed by atoms with Crippen LogP contribution in [0.15, 0.2) is 18.2 Å². The van der Waals surface area contributed by atoms with Crippen LogP contribution < -0.4 is 0 Å². The molecule has 0 radical (unpaired) electrons. The van der Waals surface area contributed by atoms with Crippen LogP contribution in [0.3, 0.4) is 0 Å². The lowest BCUT2D eigenvalue weighted by Gasteiger charge is -2.48. The lowest BCUT2D eigenvalue weighted by atomic mass is 9.66. The van der Waals surface area contributed by atoms with E-state index >= 15 is 0 Å². The van der Waals surface area contributed by atoms with Gasteiger partial charge in [-0.05, 0) is 58.5 Å². The predicted octanol–water partition coefficient (Wildman–Crippen LogP) is 3.92. The first kappa shape index (κ1) is 14.2. The molecule has 96 valence electrons. The highest BCUT2D eigenvalue weighted by molar-refractivity contribution is 5.41. The van der Waals surface area contributed by atoms with Crippen LogP contribution in [0.1, 0.15) is 44.4 Å². The Balaban J connectivity index is 3.41. The highest BCUT2D eigenvalue weighted by Crippen LogP contribution is 2.40. The molecule has 0 aliphatic heterocycles. The van der Waals surface area contributed by atoms with Crippen molar-refractivity contribution in [2.75, 3.05) is 14.1 Å². The molecule has 0 aliphatic carbocycles.